The van der Waals surface area contributed by atoms with E-state index in [9.17, 15) is 0 Å². The van der Waals surface area contributed by atoms with Crippen LogP contribution in [0.4, 0.5) is 0 Å². The summed E-state index contributed by atoms with van der Waals surface area (Å²) in [6, 6.07) is 11.9. The number of rotatable bonds is 8. The molecule has 0 aliphatic heterocycles. The second-order valence-electron chi connectivity index (χ2n) is 5.97. The first kappa shape index (κ1) is 21.8. The van der Waals surface area contributed by atoms with Crippen LogP contribution in [0.3, 0.4) is 0 Å². The maximum atomic E-state index is 5.84. The monoisotopic (exact) mass is 433 g/mol. The molecule has 3 atom stereocenters. The lowest BCUT2D eigenvalue weighted by Gasteiger charge is -2.49. The largest absolute Gasteiger partial charge is 1.00 e. The van der Waals surface area contributed by atoms with Gasteiger partial charge in [0.1, 0.15) is 0 Å². The number of quaternary nitrogens is 1. The summed E-state index contributed by atoms with van der Waals surface area (Å²) in [6.07, 6.45) is 9.27. The van der Waals surface area contributed by atoms with E-state index in [4.69, 9.17) is 6.42 Å². The van der Waals surface area contributed by atoms with Crippen molar-refractivity contribution in [1.29, 1.82) is 0 Å². The summed E-state index contributed by atoms with van der Waals surface area (Å²) in [7, 11) is 0. The molecule has 3 heteroatoms. The second-order valence-corrected chi connectivity index (χ2v) is 7.15. The third kappa shape index (κ3) is 4.88. The van der Waals surface area contributed by atoms with Crippen molar-refractivity contribution in [3.05, 3.63) is 35.9 Å². The molecule has 0 aliphatic rings. The van der Waals surface area contributed by atoms with Crippen molar-refractivity contribution in [2.24, 2.45) is 0 Å². The molecule has 1 rings (SSSR count). The van der Waals surface area contributed by atoms with Crippen molar-refractivity contribution >= 4 is 22.6 Å². The van der Waals surface area contributed by atoms with E-state index < -0.39 is 0 Å². The first-order valence-corrected chi connectivity index (χ1v) is 9.28. The molecule has 0 amide bonds. The number of terminal acetylenes is 1. The number of nitrogens with zero attached hydrogens (tertiary/aromatic N) is 1. The van der Waals surface area contributed by atoms with Gasteiger partial charge >= 0.3 is 0 Å². The highest BCUT2D eigenvalue weighted by Gasteiger charge is 2.42. The summed E-state index contributed by atoms with van der Waals surface area (Å²) in [5.41, 5.74) is 1.41. The Balaban J connectivity index is 0.00000441. The molecule has 0 aromatic heterocycles. The summed E-state index contributed by atoms with van der Waals surface area (Å²) >= 11 is 2.48. The Hall–Kier alpha value is -0.240. The van der Waals surface area contributed by atoms with Gasteiger partial charge in [-0.3, -0.25) is 4.48 Å². The summed E-state index contributed by atoms with van der Waals surface area (Å²) in [4.78, 5) is 0. The van der Waals surface area contributed by atoms with Crippen molar-refractivity contribution in [2.75, 3.05) is 6.54 Å². The van der Waals surface area contributed by atoms with E-state index in [1.54, 1.807) is 0 Å². The van der Waals surface area contributed by atoms with Crippen molar-refractivity contribution in [2.45, 2.75) is 63.1 Å². The molecule has 22 heavy (non-hydrogen) atoms. The molecular formula is C19H29ClIN. The van der Waals surface area contributed by atoms with Gasteiger partial charge in [-0.05, 0) is 38.2 Å². The SMILES string of the molecule is C#CC(I)[N+](CCc1ccccc1)(C(C)CC)C(C)CC.[Cl-]. The Morgan fingerprint density at radius 1 is 1.09 bits per heavy atom. The molecule has 0 spiro atoms. The molecule has 0 N–H and O–H groups in total. The Morgan fingerprint density at radius 3 is 2.00 bits per heavy atom. The lowest BCUT2D eigenvalue weighted by Crippen LogP contribution is -3.00. The normalized spacial score (nSPS) is 17.5. The summed E-state index contributed by atoms with van der Waals surface area (Å²) in [5.74, 6) is 3.03. The number of alkyl halides is 1. The van der Waals surface area contributed by atoms with Crippen LogP contribution in [0.15, 0.2) is 30.3 Å². The van der Waals surface area contributed by atoms with Crippen LogP contribution >= 0.6 is 22.6 Å². The third-order valence-electron chi connectivity index (χ3n) is 5.01. The molecule has 124 valence electrons. The van der Waals surface area contributed by atoms with E-state index in [0.717, 1.165) is 17.4 Å². The van der Waals surface area contributed by atoms with Gasteiger partial charge in [0.2, 0.25) is 4.05 Å². The van der Waals surface area contributed by atoms with E-state index in [2.05, 4.69) is 86.5 Å². The van der Waals surface area contributed by atoms with Crippen LogP contribution in [0.5, 0.6) is 0 Å². The van der Waals surface area contributed by atoms with E-state index in [1.165, 1.54) is 18.4 Å². The zero-order chi connectivity index (χ0) is 15.9. The Morgan fingerprint density at radius 2 is 1.59 bits per heavy atom. The quantitative estimate of drug-likeness (QED) is 0.193. The predicted molar refractivity (Wildman–Crippen MR) is 101 cm³/mol. The molecule has 3 unspecified atom stereocenters. The highest BCUT2D eigenvalue weighted by Crippen LogP contribution is 2.32. The van der Waals surface area contributed by atoms with Crippen LogP contribution in [-0.4, -0.2) is 27.2 Å². The van der Waals surface area contributed by atoms with E-state index >= 15 is 0 Å². The lowest BCUT2D eigenvalue weighted by molar-refractivity contribution is -0.969. The topological polar surface area (TPSA) is 0 Å². The summed E-state index contributed by atoms with van der Waals surface area (Å²) in [6.45, 7) is 10.4. The molecule has 1 aromatic rings. The molecule has 0 saturated carbocycles. The Kier molecular flexibility index (Phi) is 10.4. The Bertz CT molecular complexity index is 444. The molecule has 0 fully saturated rings. The van der Waals surface area contributed by atoms with Crippen LogP contribution in [0.2, 0.25) is 0 Å². The molecule has 0 heterocycles. The number of halogens is 2. The van der Waals surface area contributed by atoms with Gasteiger partial charge in [-0.25, -0.2) is 0 Å². The molecular weight excluding hydrogens is 405 g/mol. The first-order chi connectivity index (χ1) is 10.0. The molecule has 1 aromatic carbocycles. The van der Waals surface area contributed by atoms with Gasteiger partial charge < -0.3 is 12.4 Å². The molecule has 0 bridgehead atoms. The fraction of sp³-hybridized carbons (Fsp3) is 0.579. The maximum absolute atomic E-state index is 5.84. The highest BCUT2D eigenvalue weighted by molar-refractivity contribution is 14.1. The number of hydrogen-bond acceptors (Lipinski definition) is 0. The van der Waals surface area contributed by atoms with Gasteiger partial charge in [0.05, 0.1) is 18.6 Å². The van der Waals surface area contributed by atoms with Crippen molar-refractivity contribution < 1.29 is 16.9 Å². The van der Waals surface area contributed by atoms with Crippen LogP contribution in [0.25, 0.3) is 0 Å². The average Bonchev–Trinajstić information content (AvgIpc) is 2.54. The fourth-order valence-electron chi connectivity index (χ4n) is 3.22. The lowest BCUT2D eigenvalue weighted by atomic mass is 10.0. The van der Waals surface area contributed by atoms with Crippen molar-refractivity contribution in [1.82, 2.24) is 0 Å². The van der Waals surface area contributed by atoms with Crippen LogP contribution < -0.4 is 12.4 Å². The molecule has 1 nitrogen and oxygen atoms in total. The first-order valence-electron chi connectivity index (χ1n) is 8.04. The molecule has 0 aliphatic carbocycles. The second kappa shape index (κ2) is 10.5. The van der Waals surface area contributed by atoms with Crippen molar-refractivity contribution in [3.63, 3.8) is 0 Å². The van der Waals surface area contributed by atoms with Gasteiger partial charge in [-0.1, -0.05) is 44.2 Å². The summed E-state index contributed by atoms with van der Waals surface area (Å²) in [5, 5.41) is 0. The molecule has 0 saturated heterocycles. The van der Waals surface area contributed by atoms with Crippen LogP contribution in [-0.2, 0) is 6.42 Å². The van der Waals surface area contributed by atoms with Crippen molar-refractivity contribution in [3.8, 4) is 12.3 Å². The van der Waals surface area contributed by atoms with E-state index in [1.807, 2.05) is 0 Å². The van der Waals surface area contributed by atoms with E-state index in [-0.39, 0.29) is 16.5 Å². The van der Waals surface area contributed by atoms with E-state index in [0.29, 0.717) is 12.1 Å². The maximum Gasteiger partial charge on any atom is 0.201 e. The van der Waals surface area contributed by atoms with Gasteiger partial charge in [-0.2, -0.15) is 0 Å². The number of hydrogen-bond donors (Lipinski definition) is 0. The smallest absolute Gasteiger partial charge is 0.201 e. The third-order valence-corrected chi connectivity index (χ3v) is 6.41. The predicted octanol–water partition coefficient (Wildman–Crippen LogP) is 2.04. The zero-order valence-electron chi connectivity index (χ0n) is 14.2. The van der Waals surface area contributed by atoms with Gasteiger partial charge in [0, 0.05) is 29.0 Å². The van der Waals surface area contributed by atoms with Gasteiger partial charge in [-0.15, -0.1) is 6.42 Å². The molecule has 0 radical (unpaired) electrons. The van der Waals surface area contributed by atoms with Gasteiger partial charge in [0.25, 0.3) is 0 Å². The van der Waals surface area contributed by atoms with Crippen LogP contribution in [0.1, 0.15) is 46.1 Å². The average molecular weight is 434 g/mol. The summed E-state index contributed by atoms with van der Waals surface area (Å²) < 4.78 is 1.26. The zero-order valence-corrected chi connectivity index (χ0v) is 17.1. The minimum atomic E-state index is 0. The van der Waals surface area contributed by atoms with Gasteiger partial charge in [0.15, 0.2) is 0 Å². The number of benzene rings is 1. The Labute approximate surface area is 157 Å². The highest BCUT2D eigenvalue weighted by atomic mass is 127. The standard InChI is InChI=1S/C19H29IN.ClH/c1-6-16(4)21(17(5)7-2,19(20)8-3)15-14-18-12-10-9-11-13-18;/h3,9-13,16-17,19H,6-7,14-15H2,1-2,4-5H3;1H/q+1;/p-1. The minimum absolute atomic E-state index is 0. The minimum Gasteiger partial charge on any atom is -1.00 e. The van der Waals surface area contributed by atoms with Crippen LogP contribution in [0, 0.1) is 12.3 Å². The fourth-order valence-corrected chi connectivity index (χ4v) is 4.60.